The largest absolute Gasteiger partial charge is 0.324 e. The fourth-order valence-corrected chi connectivity index (χ4v) is 2.90. The number of halogens is 1. The molecule has 1 aromatic carbocycles. The average molecular weight is 281 g/mol. The third-order valence-electron chi connectivity index (χ3n) is 3.80. The number of benzene rings is 1. The second-order valence-corrected chi connectivity index (χ2v) is 5.71. The maximum Gasteiger partial charge on any atom is 0.244 e. The van der Waals surface area contributed by atoms with Gasteiger partial charge in [0.2, 0.25) is 5.91 Å². The molecule has 0 radical (unpaired) electrons. The Hall–Kier alpha value is -1.06. The maximum absolute atomic E-state index is 12.6. The van der Waals surface area contributed by atoms with E-state index in [1.165, 1.54) is 0 Å². The zero-order valence-corrected chi connectivity index (χ0v) is 12.3. The number of hydrogen-bond donors (Lipinski definition) is 2. The molecular formula is C15H21ClN2O. The first-order chi connectivity index (χ1) is 9.07. The van der Waals surface area contributed by atoms with E-state index in [1.54, 1.807) is 0 Å². The van der Waals surface area contributed by atoms with Crippen LogP contribution in [0.15, 0.2) is 18.2 Å². The number of amides is 1. The summed E-state index contributed by atoms with van der Waals surface area (Å²) in [6, 6.07) is 5.57. The summed E-state index contributed by atoms with van der Waals surface area (Å²) in [5.74, 6) is 0.0669. The normalized spacial score (nSPS) is 22.5. The number of rotatable bonds is 4. The van der Waals surface area contributed by atoms with Crippen molar-refractivity contribution < 1.29 is 4.79 Å². The van der Waals surface area contributed by atoms with Crippen molar-refractivity contribution in [1.29, 1.82) is 0 Å². The van der Waals surface area contributed by atoms with Crippen molar-refractivity contribution in [3.05, 3.63) is 28.8 Å². The summed E-state index contributed by atoms with van der Waals surface area (Å²) < 4.78 is 0. The van der Waals surface area contributed by atoms with E-state index in [-0.39, 0.29) is 5.91 Å². The average Bonchev–Trinajstić information content (AvgIpc) is 2.84. The second kappa shape index (κ2) is 5.93. The van der Waals surface area contributed by atoms with Crippen LogP contribution in [0.25, 0.3) is 0 Å². The highest BCUT2D eigenvalue weighted by molar-refractivity contribution is 6.31. The van der Waals surface area contributed by atoms with Gasteiger partial charge in [0.1, 0.15) is 0 Å². The van der Waals surface area contributed by atoms with E-state index in [4.69, 9.17) is 11.6 Å². The van der Waals surface area contributed by atoms with E-state index in [2.05, 4.69) is 17.6 Å². The van der Waals surface area contributed by atoms with Gasteiger partial charge in [-0.05, 0) is 50.4 Å². The van der Waals surface area contributed by atoms with Gasteiger partial charge in [-0.3, -0.25) is 4.79 Å². The van der Waals surface area contributed by atoms with E-state index in [0.717, 1.165) is 43.5 Å². The Morgan fingerprint density at radius 3 is 2.95 bits per heavy atom. The van der Waals surface area contributed by atoms with Crippen molar-refractivity contribution in [2.75, 3.05) is 11.9 Å². The molecule has 1 heterocycles. The predicted octanol–water partition coefficient (Wildman–Crippen LogP) is 3.51. The molecule has 3 nitrogen and oxygen atoms in total. The maximum atomic E-state index is 12.6. The molecule has 0 bridgehead atoms. The summed E-state index contributed by atoms with van der Waals surface area (Å²) in [4.78, 5) is 12.6. The third kappa shape index (κ3) is 3.10. The van der Waals surface area contributed by atoms with E-state index in [9.17, 15) is 4.79 Å². The minimum Gasteiger partial charge on any atom is -0.324 e. The number of aryl methyl sites for hydroxylation is 1. The fraction of sp³-hybridized carbons (Fsp3) is 0.533. The van der Waals surface area contributed by atoms with Gasteiger partial charge in [0.15, 0.2) is 0 Å². The van der Waals surface area contributed by atoms with Crippen molar-refractivity contribution in [3.63, 3.8) is 0 Å². The molecule has 1 atom stereocenters. The van der Waals surface area contributed by atoms with Gasteiger partial charge in [-0.15, -0.1) is 0 Å². The van der Waals surface area contributed by atoms with Crippen LogP contribution < -0.4 is 10.6 Å². The zero-order valence-electron chi connectivity index (χ0n) is 11.6. The minimum atomic E-state index is -0.399. The lowest BCUT2D eigenvalue weighted by Gasteiger charge is -2.28. The molecule has 2 N–H and O–H groups in total. The van der Waals surface area contributed by atoms with E-state index >= 15 is 0 Å². The first-order valence-electron chi connectivity index (χ1n) is 6.90. The molecule has 1 aromatic rings. The van der Waals surface area contributed by atoms with Gasteiger partial charge in [0, 0.05) is 10.7 Å². The van der Waals surface area contributed by atoms with Crippen LogP contribution in [0.4, 0.5) is 5.69 Å². The molecule has 0 aliphatic carbocycles. The summed E-state index contributed by atoms with van der Waals surface area (Å²) in [5.41, 5.74) is 1.44. The minimum absolute atomic E-state index is 0.0669. The number of carbonyl (C=O) groups excluding carboxylic acids is 1. The van der Waals surface area contributed by atoms with Gasteiger partial charge in [0.25, 0.3) is 0 Å². The lowest BCUT2D eigenvalue weighted by Crippen LogP contribution is -2.50. The highest BCUT2D eigenvalue weighted by Gasteiger charge is 2.39. The zero-order chi connectivity index (χ0) is 13.9. The molecule has 1 fully saturated rings. The molecule has 0 saturated carbocycles. The van der Waals surface area contributed by atoms with E-state index in [1.807, 2.05) is 25.1 Å². The topological polar surface area (TPSA) is 41.1 Å². The quantitative estimate of drug-likeness (QED) is 0.886. The highest BCUT2D eigenvalue weighted by Crippen LogP contribution is 2.28. The van der Waals surface area contributed by atoms with Crippen molar-refractivity contribution in [3.8, 4) is 0 Å². The van der Waals surface area contributed by atoms with Crippen molar-refractivity contribution in [1.82, 2.24) is 5.32 Å². The summed E-state index contributed by atoms with van der Waals surface area (Å²) in [5, 5.41) is 7.06. The highest BCUT2D eigenvalue weighted by atomic mass is 35.5. The molecule has 1 aliphatic rings. The Balaban J connectivity index is 2.17. The van der Waals surface area contributed by atoms with Gasteiger partial charge >= 0.3 is 0 Å². The van der Waals surface area contributed by atoms with E-state index < -0.39 is 5.54 Å². The van der Waals surface area contributed by atoms with Crippen molar-refractivity contribution in [2.24, 2.45) is 0 Å². The summed E-state index contributed by atoms with van der Waals surface area (Å²) in [7, 11) is 0. The Labute approximate surface area is 119 Å². The number of carbonyl (C=O) groups is 1. The van der Waals surface area contributed by atoms with Gasteiger partial charge in [-0.2, -0.15) is 0 Å². The molecule has 1 saturated heterocycles. The third-order valence-corrected chi connectivity index (χ3v) is 4.04. The van der Waals surface area contributed by atoms with Crippen molar-refractivity contribution >= 4 is 23.2 Å². The summed E-state index contributed by atoms with van der Waals surface area (Å²) >= 11 is 5.99. The lowest BCUT2D eigenvalue weighted by atomic mass is 9.90. The molecule has 1 unspecified atom stereocenters. The Bertz CT molecular complexity index is 467. The summed E-state index contributed by atoms with van der Waals surface area (Å²) in [6.45, 7) is 5.00. The Morgan fingerprint density at radius 2 is 2.32 bits per heavy atom. The van der Waals surface area contributed by atoms with Gasteiger partial charge in [-0.1, -0.05) is 31.0 Å². The molecule has 0 spiro atoms. The SMILES string of the molecule is CCCC1(C(=O)Nc2cc(Cl)ccc2C)CCCN1. The Kier molecular flexibility index (Phi) is 4.48. The van der Waals surface area contributed by atoms with Crippen LogP contribution in [-0.4, -0.2) is 18.0 Å². The van der Waals surface area contributed by atoms with Crippen LogP contribution in [-0.2, 0) is 4.79 Å². The van der Waals surface area contributed by atoms with Crippen LogP contribution >= 0.6 is 11.6 Å². The summed E-state index contributed by atoms with van der Waals surface area (Å²) in [6.07, 6.45) is 3.83. The van der Waals surface area contributed by atoms with Gasteiger partial charge in [0.05, 0.1) is 5.54 Å². The first-order valence-corrected chi connectivity index (χ1v) is 7.28. The van der Waals surface area contributed by atoms with Crippen LogP contribution in [0.2, 0.25) is 5.02 Å². The lowest BCUT2D eigenvalue weighted by molar-refractivity contribution is -0.122. The van der Waals surface area contributed by atoms with Crippen LogP contribution in [0.5, 0.6) is 0 Å². The van der Waals surface area contributed by atoms with E-state index in [0.29, 0.717) is 5.02 Å². The molecule has 2 rings (SSSR count). The van der Waals surface area contributed by atoms with Crippen LogP contribution in [0.3, 0.4) is 0 Å². The van der Waals surface area contributed by atoms with Crippen molar-refractivity contribution in [2.45, 2.75) is 45.1 Å². The molecular weight excluding hydrogens is 260 g/mol. The molecule has 104 valence electrons. The van der Waals surface area contributed by atoms with Crippen LogP contribution in [0, 0.1) is 6.92 Å². The fourth-order valence-electron chi connectivity index (χ4n) is 2.72. The van der Waals surface area contributed by atoms with Crippen LogP contribution in [0.1, 0.15) is 38.2 Å². The number of hydrogen-bond acceptors (Lipinski definition) is 2. The monoisotopic (exact) mass is 280 g/mol. The standard InChI is InChI=1S/C15H21ClN2O/c1-3-7-15(8-4-9-17-15)14(19)18-13-10-12(16)6-5-11(13)2/h5-6,10,17H,3-4,7-9H2,1-2H3,(H,18,19). The predicted molar refractivity (Wildman–Crippen MR) is 79.7 cm³/mol. The molecule has 1 aliphatic heterocycles. The number of anilines is 1. The molecule has 0 aromatic heterocycles. The smallest absolute Gasteiger partial charge is 0.244 e. The molecule has 4 heteroatoms. The van der Waals surface area contributed by atoms with Gasteiger partial charge in [-0.25, -0.2) is 0 Å². The molecule has 19 heavy (non-hydrogen) atoms. The molecule has 1 amide bonds. The first kappa shape index (κ1) is 14.4. The second-order valence-electron chi connectivity index (χ2n) is 5.28. The Morgan fingerprint density at radius 1 is 1.53 bits per heavy atom. The number of nitrogens with one attached hydrogen (secondary N) is 2. The van der Waals surface area contributed by atoms with Gasteiger partial charge < -0.3 is 10.6 Å².